The molecule has 1 aliphatic heterocycles. The lowest BCUT2D eigenvalue weighted by molar-refractivity contribution is 0.0535. The van der Waals surface area contributed by atoms with Crippen molar-refractivity contribution >= 4 is 17.6 Å². The number of carbonyl (C=O) groups is 1. The fourth-order valence-electron chi connectivity index (χ4n) is 2.71. The van der Waals surface area contributed by atoms with Crippen molar-refractivity contribution in [2.24, 2.45) is 0 Å². The molecular formula is C18H13ClO4. The summed E-state index contributed by atoms with van der Waals surface area (Å²) in [7, 11) is 0. The molecule has 0 radical (unpaired) electrons. The van der Waals surface area contributed by atoms with E-state index in [1.807, 2.05) is 0 Å². The van der Waals surface area contributed by atoms with Gasteiger partial charge in [0.2, 0.25) is 0 Å². The Hall–Kier alpha value is -2.32. The number of aliphatic hydroxyl groups excluding tert-OH is 2. The summed E-state index contributed by atoms with van der Waals surface area (Å²) in [6.45, 7) is -0.444. The normalized spacial score (nSPS) is 12.4. The first-order valence-corrected chi connectivity index (χ1v) is 7.36. The maximum atomic E-state index is 12.1. The maximum Gasteiger partial charge on any atom is 0.339 e. The molecule has 5 heteroatoms. The zero-order valence-electron chi connectivity index (χ0n) is 12.1. The summed E-state index contributed by atoms with van der Waals surface area (Å²) in [5, 5.41) is 19.2. The summed E-state index contributed by atoms with van der Waals surface area (Å²) in [5.41, 5.74) is 3.34. The third-order valence-corrected chi connectivity index (χ3v) is 4.01. The fourth-order valence-corrected chi connectivity index (χ4v) is 2.94. The molecule has 116 valence electrons. The second kappa shape index (κ2) is 6.43. The minimum atomic E-state index is -0.439. The van der Waals surface area contributed by atoms with Crippen LogP contribution in [0.25, 0.3) is 11.1 Å². The standard InChI is InChI=1S/C18H13ClO4/c19-15-6-2-1-5-13(15)17-14(9-21)11(4-3-7-20)8-12-10-23-18(22)16(12)17/h1-2,5-6,8,20-21H,7,9-10H2. The number of rotatable bonds is 2. The molecule has 2 N–H and O–H groups in total. The van der Waals surface area contributed by atoms with Gasteiger partial charge in [0, 0.05) is 32.8 Å². The molecule has 0 saturated carbocycles. The number of ether oxygens (including phenoxy) is 1. The minimum absolute atomic E-state index is 0.158. The van der Waals surface area contributed by atoms with Gasteiger partial charge in [-0.05, 0) is 12.1 Å². The van der Waals surface area contributed by atoms with E-state index in [1.54, 1.807) is 30.3 Å². The van der Waals surface area contributed by atoms with Gasteiger partial charge >= 0.3 is 5.97 Å². The summed E-state index contributed by atoms with van der Waals surface area (Å²) >= 11 is 6.28. The van der Waals surface area contributed by atoms with Gasteiger partial charge in [0.1, 0.15) is 13.2 Å². The Morgan fingerprint density at radius 1 is 1.22 bits per heavy atom. The number of fused-ring (bicyclic) bond motifs is 1. The predicted octanol–water partition coefficient (Wildman–Crippen LogP) is 2.51. The van der Waals surface area contributed by atoms with E-state index in [1.165, 1.54) is 0 Å². The van der Waals surface area contributed by atoms with Crippen molar-refractivity contribution in [1.82, 2.24) is 0 Å². The number of halogens is 1. The first-order chi connectivity index (χ1) is 11.2. The van der Waals surface area contributed by atoms with E-state index in [0.717, 1.165) is 0 Å². The summed E-state index contributed by atoms with van der Waals surface area (Å²) in [6.07, 6.45) is 0. The quantitative estimate of drug-likeness (QED) is 0.656. The molecule has 0 unspecified atom stereocenters. The van der Waals surface area contributed by atoms with Crippen LogP contribution in [0.4, 0.5) is 0 Å². The van der Waals surface area contributed by atoms with Crippen LogP contribution in [0.3, 0.4) is 0 Å². The lowest BCUT2D eigenvalue weighted by Crippen LogP contribution is -2.04. The van der Waals surface area contributed by atoms with E-state index in [9.17, 15) is 9.90 Å². The molecule has 2 aromatic rings. The lowest BCUT2D eigenvalue weighted by atomic mass is 9.88. The van der Waals surface area contributed by atoms with Crippen LogP contribution >= 0.6 is 11.6 Å². The molecule has 1 aliphatic rings. The average Bonchev–Trinajstić information content (AvgIpc) is 2.93. The van der Waals surface area contributed by atoms with Gasteiger partial charge in [-0.3, -0.25) is 0 Å². The summed E-state index contributed by atoms with van der Waals surface area (Å²) in [6, 6.07) is 8.82. The summed E-state index contributed by atoms with van der Waals surface area (Å²) in [5.74, 6) is 4.95. The molecule has 0 aliphatic carbocycles. The zero-order valence-corrected chi connectivity index (χ0v) is 12.9. The number of esters is 1. The Labute approximate surface area is 138 Å². The topological polar surface area (TPSA) is 66.8 Å². The van der Waals surface area contributed by atoms with Gasteiger partial charge in [-0.15, -0.1) is 0 Å². The van der Waals surface area contributed by atoms with Crippen LogP contribution in [0.1, 0.15) is 27.0 Å². The second-order valence-electron chi connectivity index (χ2n) is 4.99. The zero-order chi connectivity index (χ0) is 16.4. The highest BCUT2D eigenvalue weighted by Gasteiger charge is 2.29. The van der Waals surface area contributed by atoms with Gasteiger partial charge in [0.05, 0.1) is 12.2 Å². The third-order valence-electron chi connectivity index (χ3n) is 3.68. The van der Waals surface area contributed by atoms with Crippen molar-refractivity contribution in [1.29, 1.82) is 0 Å². The predicted molar refractivity (Wildman–Crippen MR) is 85.9 cm³/mol. The molecule has 4 nitrogen and oxygen atoms in total. The molecule has 1 heterocycles. The SMILES string of the molecule is O=C1OCc2cc(C#CCO)c(CO)c(-c3ccccc3Cl)c21. The maximum absolute atomic E-state index is 12.1. The third kappa shape index (κ3) is 2.71. The first kappa shape index (κ1) is 15.6. The van der Waals surface area contributed by atoms with E-state index < -0.39 is 5.97 Å². The average molecular weight is 329 g/mol. The van der Waals surface area contributed by atoms with Gasteiger partial charge in [0.15, 0.2) is 0 Å². The molecular weight excluding hydrogens is 316 g/mol. The number of hydrogen-bond acceptors (Lipinski definition) is 4. The van der Waals surface area contributed by atoms with Gasteiger partial charge in [0.25, 0.3) is 0 Å². The molecule has 2 aromatic carbocycles. The van der Waals surface area contributed by atoms with Crippen LogP contribution in [0.5, 0.6) is 0 Å². The van der Waals surface area contributed by atoms with Crippen LogP contribution in [0.15, 0.2) is 30.3 Å². The van der Waals surface area contributed by atoms with Crippen molar-refractivity contribution in [3.05, 3.63) is 57.6 Å². The smallest absolute Gasteiger partial charge is 0.339 e. The minimum Gasteiger partial charge on any atom is -0.457 e. The van der Waals surface area contributed by atoms with Crippen molar-refractivity contribution in [3.8, 4) is 23.0 Å². The molecule has 3 rings (SSSR count). The van der Waals surface area contributed by atoms with E-state index in [4.69, 9.17) is 21.4 Å². The fraction of sp³-hybridized carbons (Fsp3) is 0.167. The molecule has 23 heavy (non-hydrogen) atoms. The van der Waals surface area contributed by atoms with Gasteiger partial charge in [-0.2, -0.15) is 0 Å². The molecule has 0 amide bonds. The van der Waals surface area contributed by atoms with E-state index >= 15 is 0 Å². The first-order valence-electron chi connectivity index (χ1n) is 6.98. The Kier molecular flexibility index (Phi) is 4.35. The Balaban J connectivity index is 2.38. The van der Waals surface area contributed by atoms with Gasteiger partial charge in [-0.25, -0.2) is 4.79 Å². The van der Waals surface area contributed by atoms with E-state index in [2.05, 4.69) is 11.8 Å². The number of cyclic esters (lactones) is 1. The van der Waals surface area contributed by atoms with E-state index in [0.29, 0.717) is 38.4 Å². The number of hydrogen-bond donors (Lipinski definition) is 2. The summed E-state index contributed by atoms with van der Waals surface area (Å²) < 4.78 is 5.12. The van der Waals surface area contributed by atoms with Crippen molar-refractivity contribution in [3.63, 3.8) is 0 Å². The molecule has 0 atom stereocenters. The lowest BCUT2D eigenvalue weighted by Gasteiger charge is -2.15. The van der Waals surface area contributed by atoms with Crippen LogP contribution in [0.2, 0.25) is 5.02 Å². The Morgan fingerprint density at radius 2 is 2.00 bits per heavy atom. The molecule has 0 bridgehead atoms. The molecule has 0 saturated heterocycles. The highest BCUT2D eigenvalue weighted by Crippen LogP contribution is 2.39. The second-order valence-corrected chi connectivity index (χ2v) is 5.39. The largest absolute Gasteiger partial charge is 0.457 e. The van der Waals surface area contributed by atoms with Crippen LogP contribution in [-0.2, 0) is 18.0 Å². The monoisotopic (exact) mass is 328 g/mol. The van der Waals surface area contributed by atoms with Crippen LogP contribution in [-0.4, -0.2) is 22.8 Å². The van der Waals surface area contributed by atoms with E-state index in [-0.39, 0.29) is 19.8 Å². The van der Waals surface area contributed by atoms with Crippen LogP contribution < -0.4 is 0 Å². The Bertz CT molecular complexity index is 846. The highest BCUT2D eigenvalue weighted by atomic mass is 35.5. The number of carbonyl (C=O) groups excluding carboxylic acids is 1. The molecule has 0 aromatic heterocycles. The molecule has 0 fully saturated rings. The number of aliphatic hydroxyl groups is 2. The van der Waals surface area contributed by atoms with Crippen molar-refractivity contribution in [2.75, 3.05) is 6.61 Å². The Morgan fingerprint density at radius 3 is 2.70 bits per heavy atom. The van der Waals surface area contributed by atoms with Gasteiger partial charge < -0.3 is 14.9 Å². The summed E-state index contributed by atoms with van der Waals surface area (Å²) in [4.78, 5) is 12.1. The van der Waals surface area contributed by atoms with Crippen molar-refractivity contribution in [2.45, 2.75) is 13.2 Å². The van der Waals surface area contributed by atoms with Gasteiger partial charge in [-0.1, -0.05) is 41.6 Å². The highest BCUT2D eigenvalue weighted by molar-refractivity contribution is 6.33. The van der Waals surface area contributed by atoms with Crippen molar-refractivity contribution < 1.29 is 19.7 Å². The number of benzene rings is 2. The molecule has 0 spiro atoms. The van der Waals surface area contributed by atoms with Crippen LogP contribution in [0, 0.1) is 11.8 Å².